The van der Waals surface area contributed by atoms with Gasteiger partial charge in [-0.15, -0.1) is 0 Å². The van der Waals surface area contributed by atoms with Gasteiger partial charge in [0, 0.05) is 13.2 Å². The second kappa shape index (κ2) is 7.55. The Morgan fingerprint density at radius 1 is 1.12 bits per heavy atom. The van der Waals surface area contributed by atoms with Crippen molar-refractivity contribution in [3.8, 4) is 0 Å². The molecule has 3 heterocycles. The summed E-state index contributed by atoms with van der Waals surface area (Å²) in [5.74, 6) is 0.238. The van der Waals surface area contributed by atoms with Gasteiger partial charge < -0.3 is 19.3 Å². The first kappa shape index (κ1) is 17.8. The summed E-state index contributed by atoms with van der Waals surface area (Å²) in [6.07, 6.45) is 2.56. The number of piperidine rings is 1. The van der Waals surface area contributed by atoms with Gasteiger partial charge in [0.25, 0.3) is 0 Å². The average molecular weight is 361 g/mol. The molecule has 4 rings (SSSR count). The average Bonchev–Trinajstić information content (AvgIpc) is 2.67. The fraction of sp³-hybridized carbons (Fsp3) is 0.650. The summed E-state index contributed by atoms with van der Waals surface area (Å²) in [5, 5.41) is 11.3. The van der Waals surface area contributed by atoms with Crippen LogP contribution in [0.3, 0.4) is 0 Å². The number of amides is 1. The van der Waals surface area contributed by atoms with Gasteiger partial charge in [-0.3, -0.25) is 4.90 Å². The summed E-state index contributed by atoms with van der Waals surface area (Å²) >= 11 is 0. The lowest BCUT2D eigenvalue weighted by atomic mass is 9.71. The van der Waals surface area contributed by atoms with Crippen LogP contribution in [0.5, 0.6) is 0 Å². The third-order valence-electron chi connectivity index (χ3n) is 5.98. The van der Waals surface area contributed by atoms with Crippen LogP contribution in [0.25, 0.3) is 0 Å². The van der Waals surface area contributed by atoms with E-state index in [-0.39, 0.29) is 30.7 Å². The maximum atomic E-state index is 12.7. The predicted octanol–water partition coefficient (Wildman–Crippen LogP) is 2.34. The Bertz CT molecular complexity index is 602. The van der Waals surface area contributed by atoms with Crippen LogP contribution >= 0.6 is 0 Å². The highest BCUT2D eigenvalue weighted by atomic mass is 16.6. The molecule has 3 aliphatic rings. The van der Waals surface area contributed by atoms with Crippen molar-refractivity contribution < 1.29 is 24.1 Å². The molecule has 6 nitrogen and oxygen atoms in total. The Morgan fingerprint density at radius 3 is 2.42 bits per heavy atom. The maximum Gasteiger partial charge on any atom is 0.410 e. The van der Waals surface area contributed by atoms with E-state index in [0.29, 0.717) is 39.3 Å². The van der Waals surface area contributed by atoms with Crippen molar-refractivity contribution in [2.24, 2.45) is 5.92 Å². The van der Waals surface area contributed by atoms with Crippen molar-refractivity contribution in [3.05, 3.63) is 35.9 Å². The second-order valence-electron chi connectivity index (χ2n) is 7.69. The van der Waals surface area contributed by atoms with Crippen molar-refractivity contribution in [2.45, 2.75) is 50.0 Å². The SMILES string of the molecule is O=C(OCc1ccccc1)N1C2COCC1CC(O)(C1CCOCC1)C2. The Balaban J connectivity index is 1.42. The third kappa shape index (κ3) is 3.59. The van der Waals surface area contributed by atoms with Gasteiger partial charge in [0.1, 0.15) is 6.61 Å². The number of hydrogen-bond donors (Lipinski definition) is 1. The number of morpholine rings is 1. The van der Waals surface area contributed by atoms with Gasteiger partial charge in [-0.25, -0.2) is 4.79 Å². The van der Waals surface area contributed by atoms with Gasteiger partial charge in [-0.1, -0.05) is 30.3 Å². The van der Waals surface area contributed by atoms with E-state index >= 15 is 0 Å². The zero-order valence-electron chi connectivity index (χ0n) is 15.0. The number of aliphatic hydroxyl groups is 1. The topological polar surface area (TPSA) is 68.2 Å². The normalized spacial score (nSPS) is 32.3. The van der Waals surface area contributed by atoms with Gasteiger partial charge in [-0.2, -0.15) is 0 Å². The molecule has 0 saturated carbocycles. The van der Waals surface area contributed by atoms with Crippen LogP contribution < -0.4 is 0 Å². The Kier molecular flexibility index (Phi) is 5.16. The molecule has 2 bridgehead atoms. The van der Waals surface area contributed by atoms with E-state index in [9.17, 15) is 9.90 Å². The number of rotatable bonds is 3. The molecular formula is C20H27NO5. The van der Waals surface area contributed by atoms with Gasteiger partial charge >= 0.3 is 6.09 Å². The van der Waals surface area contributed by atoms with Crippen LogP contribution in [0.1, 0.15) is 31.2 Å². The number of benzene rings is 1. The van der Waals surface area contributed by atoms with Crippen LogP contribution in [0.2, 0.25) is 0 Å². The number of hydrogen-bond acceptors (Lipinski definition) is 5. The van der Waals surface area contributed by atoms with Crippen LogP contribution in [-0.2, 0) is 20.8 Å². The van der Waals surface area contributed by atoms with Crippen molar-refractivity contribution in [1.29, 1.82) is 0 Å². The number of nitrogens with zero attached hydrogens (tertiary/aromatic N) is 1. The van der Waals surface area contributed by atoms with E-state index in [4.69, 9.17) is 14.2 Å². The molecule has 26 heavy (non-hydrogen) atoms. The number of fused-ring (bicyclic) bond motifs is 2. The van der Waals surface area contributed by atoms with Crippen molar-refractivity contribution in [3.63, 3.8) is 0 Å². The Morgan fingerprint density at radius 2 is 1.77 bits per heavy atom. The van der Waals surface area contributed by atoms with E-state index in [1.807, 2.05) is 30.3 Å². The zero-order chi connectivity index (χ0) is 18.0. The maximum absolute atomic E-state index is 12.7. The zero-order valence-corrected chi connectivity index (χ0v) is 15.0. The Hall–Kier alpha value is -1.63. The molecule has 3 saturated heterocycles. The molecular weight excluding hydrogens is 334 g/mol. The minimum absolute atomic E-state index is 0.126. The summed E-state index contributed by atoms with van der Waals surface area (Å²) in [7, 11) is 0. The fourth-order valence-corrected chi connectivity index (χ4v) is 4.67. The lowest BCUT2D eigenvalue weighted by molar-refractivity contribution is -0.164. The van der Waals surface area contributed by atoms with Crippen molar-refractivity contribution in [2.75, 3.05) is 26.4 Å². The number of ether oxygens (including phenoxy) is 3. The lowest BCUT2D eigenvalue weighted by Crippen LogP contribution is -2.65. The first-order chi connectivity index (χ1) is 12.7. The lowest BCUT2D eigenvalue weighted by Gasteiger charge is -2.53. The monoisotopic (exact) mass is 361 g/mol. The highest BCUT2D eigenvalue weighted by Crippen LogP contribution is 2.42. The van der Waals surface area contributed by atoms with E-state index in [1.54, 1.807) is 4.90 Å². The number of carbonyl (C=O) groups excluding carboxylic acids is 1. The van der Waals surface area contributed by atoms with Crippen molar-refractivity contribution in [1.82, 2.24) is 4.90 Å². The van der Waals surface area contributed by atoms with Gasteiger partial charge in [0.05, 0.1) is 30.9 Å². The quantitative estimate of drug-likeness (QED) is 0.895. The molecule has 0 spiro atoms. The smallest absolute Gasteiger partial charge is 0.410 e. The molecule has 0 radical (unpaired) electrons. The van der Waals surface area contributed by atoms with Gasteiger partial charge in [0.2, 0.25) is 0 Å². The molecule has 1 aromatic carbocycles. The van der Waals surface area contributed by atoms with E-state index in [2.05, 4.69) is 0 Å². The summed E-state index contributed by atoms with van der Waals surface area (Å²) in [6.45, 7) is 2.61. The minimum atomic E-state index is -0.737. The summed E-state index contributed by atoms with van der Waals surface area (Å²) in [4.78, 5) is 14.5. The molecule has 3 aliphatic heterocycles. The summed E-state index contributed by atoms with van der Waals surface area (Å²) in [5.41, 5.74) is 0.233. The van der Waals surface area contributed by atoms with E-state index < -0.39 is 5.60 Å². The molecule has 6 heteroatoms. The number of carbonyl (C=O) groups is 1. The standard InChI is InChI=1S/C20H27NO5/c22-19(26-12-15-4-2-1-3-5-15)21-17-10-20(23,11-18(21)14-25-13-17)16-6-8-24-9-7-16/h1-5,16-18,23H,6-14H2. The van der Waals surface area contributed by atoms with Gasteiger partial charge in [-0.05, 0) is 37.2 Å². The van der Waals surface area contributed by atoms with Crippen LogP contribution in [0.4, 0.5) is 4.79 Å². The van der Waals surface area contributed by atoms with Crippen LogP contribution in [-0.4, -0.2) is 60.2 Å². The molecule has 0 aromatic heterocycles. The minimum Gasteiger partial charge on any atom is -0.445 e. The summed E-state index contributed by atoms with van der Waals surface area (Å²) in [6, 6.07) is 9.43. The van der Waals surface area contributed by atoms with Gasteiger partial charge in [0.15, 0.2) is 0 Å². The molecule has 0 aliphatic carbocycles. The highest BCUT2D eigenvalue weighted by molar-refractivity contribution is 5.69. The molecule has 1 aromatic rings. The summed E-state index contributed by atoms with van der Waals surface area (Å²) < 4.78 is 16.7. The molecule has 1 amide bonds. The van der Waals surface area contributed by atoms with Crippen LogP contribution in [0.15, 0.2) is 30.3 Å². The first-order valence-electron chi connectivity index (χ1n) is 9.52. The predicted molar refractivity (Wildman–Crippen MR) is 94.6 cm³/mol. The van der Waals surface area contributed by atoms with E-state index in [0.717, 1.165) is 18.4 Å². The Labute approximate surface area is 154 Å². The highest BCUT2D eigenvalue weighted by Gasteiger charge is 2.51. The molecule has 1 N–H and O–H groups in total. The molecule has 3 fully saturated rings. The van der Waals surface area contributed by atoms with E-state index in [1.165, 1.54) is 0 Å². The van der Waals surface area contributed by atoms with Crippen molar-refractivity contribution >= 4 is 6.09 Å². The second-order valence-corrected chi connectivity index (χ2v) is 7.69. The first-order valence-corrected chi connectivity index (χ1v) is 9.52. The molecule has 2 atom stereocenters. The third-order valence-corrected chi connectivity index (χ3v) is 5.98. The van der Waals surface area contributed by atoms with Crippen LogP contribution in [0, 0.1) is 5.92 Å². The fourth-order valence-electron chi connectivity index (χ4n) is 4.67. The molecule has 2 unspecified atom stereocenters. The molecule has 142 valence electrons. The largest absolute Gasteiger partial charge is 0.445 e.